The maximum atomic E-state index is 12.5. The lowest BCUT2D eigenvalue weighted by Gasteiger charge is -2.06. The predicted molar refractivity (Wildman–Crippen MR) is 95.4 cm³/mol. The van der Waals surface area contributed by atoms with Crippen molar-refractivity contribution in [3.63, 3.8) is 0 Å². The number of esters is 1. The molecule has 0 aliphatic heterocycles. The Morgan fingerprint density at radius 3 is 2.76 bits per heavy atom. The Kier molecular flexibility index (Phi) is 4.03. The van der Waals surface area contributed by atoms with Gasteiger partial charge in [-0.2, -0.15) is 0 Å². The third-order valence-corrected chi connectivity index (χ3v) is 4.77. The Labute approximate surface area is 147 Å². The summed E-state index contributed by atoms with van der Waals surface area (Å²) in [4.78, 5) is 17.2. The largest absolute Gasteiger partial charge is 0.455 e. The lowest BCUT2D eigenvalue weighted by molar-refractivity contribution is 0.0465. The van der Waals surface area contributed by atoms with E-state index in [-0.39, 0.29) is 6.61 Å². The van der Waals surface area contributed by atoms with Gasteiger partial charge >= 0.3 is 5.97 Å². The first kappa shape index (κ1) is 15.5. The lowest BCUT2D eigenvalue weighted by atomic mass is 10.1. The van der Waals surface area contributed by atoms with Crippen molar-refractivity contribution in [2.45, 2.75) is 13.5 Å². The molecular weight excluding hydrogens is 336 g/mol. The Balaban J connectivity index is 1.63. The van der Waals surface area contributed by atoms with Gasteiger partial charge in [-0.1, -0.05) is 35.5 Å². The summed E-state index contributed by atoms with van der Waals surface area (Å²) in [5.74, 6) is 0.274. The first-order valence-corrected chi connectivity index (χ1v) is 8.56. The van der Waals surface area contributed by atoms with E-state index in [2.05, 4.69) is 10.1 Å². The van der Waals surface area contributed by atoms with Crippen LogP contribution in [0.15, 0.2) is 59.1 Å². The number of aryl methyl sites for hydroxylation is 1. The van der Waals surface area contributed by atoms with Gasteiger partial charge in [0.05, 0.1) is 15.8 Å². The van der Waals surface area contributed by atoms with E-state index in [0.29, 0.717) is 17.0 Å². The third kappa shape index (κ3) is 3.16. The van der Waals surface area contributed by atoms with Gasteiger partial charge in [-0.05, 0) is 25.1 Å². The number of carbonyl (C=O) groups excluding carboxylic acids is 1. The molecule has 0 unspecified atom stereocenters. The van der Waals surface area contributed by atoms with Crippen LogP contribution in [0.2, 0.25) is 0 Å². The van der Waals surface area contributed by atoms with E-state index in [9.17, 15) is 4.79 Å². The van der Waals surface area contributed by atoms with E-state index >= 15 is 0 Å². The Morgan fingerprint density at radius 2 is 1.96 bits per heavy atom. The number of rotatable bonds is 4. The van der Waals surface area contributed by atoms with Crippen LogP contribution >= 0.6 is 11.3 Å². The molecule has 0 spiro atoms. The standard InChI is InChI=1S/C19H14N2O3S/c1-12-10-13(21-24-12)11-23-19(22)15-7-3-2-6-14(15)18-20-16-8-4-5-9-17(16)25-18/h2-10H,11H2,1H3. The molecule has 0 aliphatic carbocycles. The Morgan fingerprint density at radius 1 is 1.16 bits per heavy atom. The first-order valence-electron chi connectivity index (χ1n) is 7.75. The smallest absolute Gasteiger partial charge is 0.339 e. The van der Waals surface area contributed by atoms with Gasteiger partial charge in [0.2, 0.25) is 0 Å². The highest BCUT2D eigenvalue weighted by atomic mass is 32.1. The van der Waals surface area contributed by atoms with Crippen LogP contribution < -0.4 is 0 Å². The predicted octanol–water partition coefficient (Wildman–Crippen LogP) is 4.62. The summed E-state index contributed by atoms with van der Waals surface area (Å²) < 4.78 is 11.4. The minimum atomic E-state index is -0.407. The van der Waals surface area contributed by atoms with E-state index in [1.54, 1.807) is 30.4 Å². The summed E-state index contributed by atoms with van der Waals surface area (Å²) in [5.41, 5.74) is 2.76. The maximum absolute atomic E-state index is 12.5. The van der Waals surface area contributed by atoms with E-state index < -0.39 is 5.97 Å². The lowest BCUT2D eigenvalue weighted by Crippen LogP contribution is -2.07. The van der Waals surface area contributed by atoms with Crippen LogP contribution in [0, 0.1) is 6.92 Å². The molecule has 0 saturated heterocycles. The monoisotopic (exact) mass is 350 g/mol. The second-order valence-corrected chi connectivity index (χ2v) is 6.57. The van der Waals surface area contributed by atoms with Crippen molar-refractivity contribution in [3.8, 4) is 10.6 Å². The highest BCUT2D eigenvalue weighted by molar-refractivity contribution is 7.21. The van der Waals surface area contributed by atoms with Gasteiger partial charge in [0.1, 0.15) is 23.1 Å². The molecule has 0 fully saturated rings. The molecule has 0 saturated carbocycles. The fraction of sp³-hybridized carbons (Fsp3) is 0.105. The van der Waals surface area contributed by atoms with Gasteiger partial charge in [-0.25, -0.2) is 9.78 Å². The number of nitrogens with zero attached hydrogens (tertiary/aromatic N) is 2. The van der Waals surface area contributed by atoms with Crippen LogP contribution in [-0.2, 0) is 11.3 Å². The summed E-state index contributed by atoms with van der Waals surface area (Å²) in [6.45, 7) is 1.87. The number of benzene rings is 2. The molecule has 4 rings (SSSR count). The van der Waals surface area contributed by atoms with Crippen molar-refractivity contribution in [2.24, 2.45) is 0 Å². The second kappa shape index (κ2) is 6.49. The summed E-state index contributed by atoms with van der Waals surface area (Å²) >= 11 is 1.55. The van der Waals surface area contributed by atoms with Gasteiger partial charge < -0.3 is 9.26 Å². The molecule has 0 atom stereocenters. The molecule has 2 aromatic heterocycles. The molecule has 0 aliphatic rings. The molecule has 25 heavy (non-hydrogen) atoms. The molecule has 5 nitrogen and oxygen atoms in total. The molecule has 0 bridgehead atoms. The molecule has 124 valence electrons. The quantitative estimate of drug-likeness (QED) is 0.503. The number of ether oxygens (including phenoxy) is 1. The number of hydrogen-bond donors (Lipinski definition) is 0. The van der Waals surface area contributed by atoms with Crippen molar-refractivity contribution < 1.29 is 14.1 Å². The topological polar surface area (TPSA) is 65.2 Å². The summed E-state index contributed by atoms with van der Waals surface area (Å²) in [7, 11) is 0. The summed E-state index contributed by atoms with van der Waals surface area (Å²) in [5, 5.41) is 4.63. The van der Waals surface area contributed by atoms with Crippen LogP contribution in [0.1, 0.15) is 21.8 Å². The normalized spacial score (nSPS) is 10.9. The van der Waals surface area contributed by atoms with Crippen LogP contribution in [0.25, 0.3) is 20.8 Å². The van der Waals surface area contributed by atoms with Crippen LogP contribution in [0.5, 0.6) is 0 Å². The molecule has 0 amide bonds. The minimum absolute atomic E-state index is 0.0738. The molecular formula is C19H14N2O3S. The van der Waals surface area contributed by atoms with Gasteiger partial charge in [0, 0.05) is 11.6 Å². The number of fused-ring (bicyclic) bond motifs is 1. The zero-order valence-corrected chi connectivity index (χ0v) is 14.2. The van der Waals surface area contributed by atoms with Crippen molar-refractivity contribution in [3.05, 3.63) is 71.6 Å². The fourth-order valence-corrected chi connectivity index (χ4v) is 3.54. The number of thiazole rings is 1. The van der Waals surface area contributed by atoms with E-state index in [1.165, 1.54) is 0 Å². The van der Waals surface area contributed by atoms with E-state index in [1.807, 2.05) is 42.5 Å². The van der Waals surface area contributed by atoms with Crippen molar-refractivity contribution in [2.75, 3.05) is 0 Å². The van der Waals surface area contributed by atoms with E-state index in [0.717, 1.165) is 20.8 Å². The van der Waals surface area contributed by atoms with Gasteiger partial charge in [0.15, 0.2) is 0 Å². The molecule has 2 heterocycles. The second-order valence-electron chi connectivity index (χ2n) is 5.54. The first-order chi connectivity index (χ1) is 12.2. The number of carbonyl (C=O) groups is 1. The van der Waals surface area contributed by atoms with Gasteiger partial charge in [-0.3, -0.25) is 0 Å². The van der Waals surface area contributed by atoms with E-state index in [4.69, 9.17) is 9.26 Å². The molecule has 6 heteroatoms. The van der Waals surface area contributed by atoms with Gasteiger partial charge in [-0.15, -0.1) is 11.3 Å². The summed E-state index contributed by atoms with van der Waals surface area (Å²) in [6, 6.07) is 17.0. The Bertz CT molecular complexity index is 1020. The van der Waals surface area contributed by atoms with Gasteiger partial charge in [0.25, 0.3) is 0 Å². The van der Waals surface area contributed by atoms with Crippen molar-refractivity contribution >= 4 is 27.5 Å². The van der Waals surface area contributed by atoms with Crippen LogP contribution in [0.3, 0.4) is 0 Å². The average Bonchev–Trinajstić information content (AvgIpc) is 3.25. The average molecular weight is 350 g/mol. The number of aromatic nitrogens is 2. The summed E-state index contributed by atoms with van der Waals surface area (Å²) in [6.07, 6.45) is 0. The molecule has 2 aromatic carbocycles. The maximum Gasteiger partial charge on any atom is 0.339 e. The highest BCUT2D eigenvalue weighted by Crippen LogP contribution is 2.32. The molecule has 4 aromatic rings. The molecule has 0 N–H and O–H groups in total. The zero-order valence-electron chi connectivity index (χ0n) is 13.4. The SMILES string of the molecule is Cc1cc(COC(=O)c2ccccc2-c2nc3ccccc3s2)no1. The Hall–Kier alpha value is -2.99. The fourth-order valence-electron chi connectivity index (χ4n) is 2.54. The number of hydrogen-bond acceptors (Lipinski definition) is 6. The third-order valence-electron chi connectivity index (χ3n) is 3.70. The van der Waals surface area contributed by atoms with Crippen molar-refractivity contribution in [1.29, 1.82) is 0 Å². The van der Waals surface area contributed by atoms with Crippen LogP contribution in [-0.4, -0.2) is 16.1 Å². The number of para-hydroxylation sites is 1. The zero-order chi connectivity index (χ0) is 17.2. The highest BCUT2D eigenvalue weighted by Gasteiger charge is 2.17. The van der Waals surface area contributed by atoms with Crippen LogP contribution in [0.4, 0.5) is 0 Å². The van der Waals surface area contributed by atoms with Crippen molar-refractivity contribution in [1.82, 2.24) is 10.1 Å². The molecule has 0 radical (unpaired) electrons. The minimum Gasteiger partial charge on any atom is -0.455 e.